The van der Waals surface area contributed by atoms with Crippen molar-refractivity contribution in [3.8, 4) is 5.75 Å². The third-order valence-electron chi connectivity index (χ3n) is 3.68. The highest BCUT2D eigenvalue weighted by atomic mass is 32.1. The Morgan fingerprint density at radius 1 is 1.40 bits per heavy atom. The van der Waals surface area contributed by atoms with Gasteiger partial charge in [-0.25, -0.2) is 4.98 Å². The van der Waals surface area contributed by atoms with E-state index in [1.807, 2.05) is 23.7 Å². The van der Waals surface area contributed by atoms with Gasteiger partial charge in [-0.3, -0.25) is 4.90 Å². The summed E-state index contributed by atoms with van der Waals surface area (Å²) in [7, 11) is 1.70. The van der Waals surface area contributed by atoms with Crippen LogP contribution >= 0.6 is 11.3 Å². The lowest BCUT2D eigenvalue weighted by Gasteiger charge is -2.36. The molecule has 5 heteroatoms. The van der Waals surface area contributed by atoms with Gasteiger partial charge in [0.15, 0.2) is 0 Å². The van der Waals surface area contributed by atoms with Gasteiger partial charge in [-0.05, 0) is 17.7 Å². The molecule has 0 radical (unpaired) electrons. The Balaban J connectivity index is 1.77. The van der Waals surface area contributed by atoms with Crippen LogP contribution in [-0.2, 0) is 6.54 Å². The Labute approximate surface area is 123 Å². The Bertz CT molecular complexity index is 527. The summed E-state index contributed by atoms with van der Waals surface area (Å²) in [5.74, 6) is 0.906. The third kappa shape index (κ3) is 3.00. The first-order chi connectivity index (χ1) is 9.86. The molecule has 20 heavy (non-hydrogen) atoms. The molecule has 1 N–H and O–H groups in total. The fourth-order valence-corrected chi connectivity index (χ4v) is 3.24. The van der Waals surface area contributed by atoms with Gasteiger partial charge in [0.2, 0.25) is 0 Å². The average Bonchev–Trinajstić information content (AvgIpc) is 3.01. The summed E-state index contributed by atoms with van der Waals surface area (Å²) in [5.41, 5.74) is 1.33. The van der Waals surface area contributed by atoms with Crippen LogP contribution in [0.4, 0.5) is 0 Å². The molecule has 1 aromatic carbocycles. The van der Waals surface area contributed by atoms with Crippen molar-refractivity contribution in [2.24, 2.45) is 0 Å². The predicted molar refractivity (Wildman–Crippen MR) is 81.1 cm³/mol. The summed E-state index contributed by atoms with van der Waals surface area (Å²) in [6.45, 7) is 4.00. The minimum absolute atomic E-state index is 0.401. The van der Waals surface area contributed by atoms with Crippen molar-refractivity contribution in [3.05, 3.63) is 46.4 Å². The molecule has 3 rings (SSSR count). The molecule has 0 unspecified atom stereocenters. The maximum absolute atomic E-state index is 5.23. The van der Waals surface area contributed by atoms with Crippen molar-refractivity contribution in [1.29, 1.82) is 0 Å². The van der Waals surface area contributed by atoms with E-state index in [4.69, 9.17) is 4.74 Å². The fourth-order valence-electron chi connectivity index (χ4n) is 2.60. The van der Waals surface area contributed by atoms with Crippen LogP contribution in [0.3, 0.4) is 0 Å². The number of methoxy groups -OCH3 is 1. The van der Waals surface area contributed by atoms with Gasteiger partial charge in [-0.1, -0.05) is 12.1 Å². The molecular weight excluding hydrogens is 270 g/mol. The summed E-state index contributed by atoms with van der Waals surface area (Å²) in [5, 5.41) is 6.71. The molecule has 2 aromatic rings. The van der Waals surface area contributed by atoms with E-state index in [9.17, 15) is 0 Å². The molecule has 4 nitrogen and oxygen atoms in total. The summed E-state index contributed by atoms with van der Waals surface area (Å²) < 4.78 is 5.23. The van der Waals surface area contributed by atoms with E-state index in [-0.39, 0.29) is 0 Å². The summed E-state index contributed by atoms with van der Waals surface area (Å²) in [4.78, 5) is 6.90. The summed E-state index contributed by atoms with van der Waals surface area (Å²) in [6.07, 6.45) is 1.88. The highest BCUT2D eigenvalue weighted by molar-refractivity contribution is 7.09. The molecule has 106 valence electrons. The lowest BCUT2D eigenvalue weighted by molar-refractivity contribution is 0.153. The van der Waals surface area contributed by atoms with Crippen LogP contribution < -0.4 is 10.1 Å². The number of hydrogen-bond donors (Lipinski definition) is 1. The van der Waals surface area contributed by atoms with E-state index < -0.39 is 0 Å². The van der Waals surface area contributed by atoms with Crippen LogP contribution in [0.25, 0.3) is 0 Å². The number of benzene rings is 1. The highest BCUT2D eigenvalue weighted by Crippen LogP contribution is 2.26. The first-order valence-corrected chi connectivity index (χ1v) is 7.72. The quantitative estimate of drug-likeness (QED) is 0.937. The number of piperazine rings is 1. The number of hydrogen-bond acceptors (Lipinski definition) is 5. The SMILES string of the molecule is COc1ccc([C@@H]2CNCCN2Cc2nccs2)cc1. The van der Waals surface area contributed by atoms with Crippen LogP contribution in [0, 0.1) is 0 Å². The minimum Gasteiger partial charge on any atom is -0.497 e. The Kier molecular flexibility index (Phi) is 4.30. The van der Waals surface area contributed by atoms with E-state index in [1.54, 1.807) is 18.4 Å². The van der Waals surface area contributed by atoms with Crippen molar-refractivity contribution >= 4 is 11.3 Å². The van der Waals surface area contributed by atoms with Gasteiger partial charge in [-0.15, -0.1) is 11.3 Å². The number of nitrogens with zero attached hydrogens (tertiary/aromatic N) is 2. The second kappa shape index (κ2) is 6.35. The van der Waals surface area contributed by atoms with E-state index in [0.29, 0.717) is 6.04 Å². The van der Waals surface area contributed by atoms with Gasteiger partial charge in [-0.2, -0.15) is 0 Å². The number of thiazole rings is 1. The Morgan fingerprint density at radius 2 is 2.25 bits per heavy atom. The lowest BCUT2D eigenvalue weighted by Crippen LogP contribution is -2.45. The molecular formula is C15H19N3OS. The largest absolute Gasteiger partial charge is 0.497 e. The Morgan fingerprint density at radius 3 is 2.95 bits per heavy atom. The standard InChI is InChI=1S/C15H19N3OS/c1-19-13-4-2-12(3-5-13)14-10-16-6-8-18(14)11-15-17-7-9-20-15/h2-5,7,9,14,16H,6,8,10-11H2,1H3/t14-/m0/s1. The molecule has 1 fully saturated rings. The smallest absolute Gasteiger partial charge is 0.118 e. The minimum atomic E-state index is 0.401. The zero-order valence-electron chi connectivity index (χ0n) is 11.6. The van der Waals surface area contributed by atoms with Gasteiger partial charge in [0.05, 0.1) is 13.7 Å². The van der Waals surface area contributed by atoms with Crippen LogP contribution in [-0.4, -0.2) is 36.6 Å². The van der Waals surface area contributed by atoms with E-state index in [1.165, 1.54) is 10.6 Å². The highest BCUT2D eigenvalue weighted by Gasteiger charge is 2.24. The average molecular weight is 289 g/mol. The Hall–Kier alpha value is -1.43. The number of nitrogens with one attached hydrogen (secondary N) is 1. The van der Waals surface area contributed by atoms with Crippen LogP contribution in [0.5, 0.6) is 5.75 Å². The molecule has 1 aliphatic rings. The predicted octanol–water partition coefficient (Wildman–Crippen LogP) is 2.30. The maximum atomic E-state index is 5.23. The van der Waals surface area contributed by atoms with E-state index >= 15 is 0 Å². The van der Waals surface area contributed by atoms with Crippen LogP contribution in [0.1, 0.15) is 16.6 Å². The molecule has 0 spiro atoms. The molecule has 1 saturated heterocycles. The van der Waals surface area contributed by atoms with Gasteiger partial charge in [0.25, 0.3) is 0 Å². The topological polar surface area (TPSA) is 37.4 Å². The zero-order valence-corrected chi connectivity index (χ0v) is 12.4. The number of aromatic nitrogens is 1. The first-order valence-electron chi connectivity index (χ1n) is 6.84. The van der Waals surface area contributed by atoms with Crippen molar-refractivity contribution in [2.45, 2.75) is 12.6 Å². The molecule has 1 aromatic heterocycles. The third-order valence-corrected chi connectivity index (χ3v) is 4.44. The molecule has 1 aliphatic heterocycles. The maximum Gasteiger partial charge on any atom is 0.118 e. The van der Waals surface area contributed by atoms with Gasteiger partial charge < -0.3 is 10.1 Å². The van der Waals surface area contributed by atoms with Gasteiger partial charge in [0.1, 0.15) is 10.8 Å². The van der Waals surface area contributed by atoms with Crippen LogP contribution in [0.2, 0.25) is 0 Å². The molecule has 0 bridgehead atoms. The number of rotatable bonds is 4. The van der Waals surface area contributed by atoms with Crippen molar-refractivity contribution < 1.29 is 4.74 Å². The molecule has 0 saturated carbocycles. The molecule has 0 aliphatic carbocycles. The van der Waals surface area contributed by atoms with Crippen LogP contribution in [0.15, 0.2) is 35.8 Å². The monoisotopic (exact) mass is 289 g/mol. The molecule has 1 atom stereocenters. The van der Waals surface area contributed by atoms with Crippen molar-refractivity contribution in [2.75, 3.05) is 26.7 Å². The van der Waals surface area contributed by atoms with Crippen molar-refractivity contribution in [3.63, 3.8) is 0 Å². The van der Waals surface area contributed by atoms with Gasteiger partial charge >= 0.3 is 0 Å². The van der Waals surface area contributed by atoms with Crippen molar-refractivity contribution in [1.82, 2.24) is 15.2 Å². The fraction of sp³-hybridized carbons (Fsp3) is 0.400. The van der Waals surface area contributed by atoms with E-state index in [2.05, 4.69) is 27.3 Å². The summed E-state index contributed by atoms with van der Waals surface area (Å²) >= 11 is 1.73. The number of ether oxygens (including phenoxy) is 1. The van der Waals surface area contributed by atoms with Gasteiger partial charge in [0, 0.05) is 37.3 Å². The van der Waals surface area contributed by atoms with E-state index in [0.717, 1.165) is 31.9 Å². The molecule has 2 heterocycles. The first kappa shape index (κ1) is 13.5. The second-order valence-electron chi connectivity index (χ2n) is 4.89. The summed E-state index contributed by atoms with van der Waals surface area (Å²) in [6, 6.07) is 8.78. The lowest BCUT2D eigenvalue weighted by atomic mass is 10.0. The molecule has 0 amide bonds. The normalized spacial score (nSPS) is 19.9. The zero-order chi connectivity index (χ0) is 13.8. The second-order valence-corrected chi connectivity index (χ2v) is 5.87.